The summed E-state index contributed by atoms with van der Waals surface area (Å²) in [6.45, 7) is 3.71. The van der Waals surface area contributed by atoms with Gasteiger partial charge in [0, 0.05) is 0 Å². The molecule has 0 saturated carbocycles. The molecule has 1 aliphatic rings. The predicted molar refractivity (Wildman–Crippen MR) is 171 cm³/mol. The highest BCUT2D eigenvalue weighted by molar-refractivity contribution is 7.86. The molecule has 0 spiro atoms. The molecule has 9 heteroatoms. The first-order valence-electron chi connectivity index (χ1n) is 14.7. The lowest BCUT2D eigenvalue weighted by Gasteiger charge is -2.45. The van der Waals surface area contributed by atoms with Crippen LogP contribution in [0.3, 0.4) is 0 Å². The standard InChI is InChI=1S/C36H38O8S/c1-3-24-40-34-33(41-25-27-16-8-4-9-17-27)32(44-45(2,38)39)31(43-35(34)37)26-42-36(28-18-10-5-11-19-28,29-20-12-6-13-21-29)30-22-14-7-15-23-30/h3-23,31-35,37H,1,24-26H2,2H3/t31-,32-,33+,34-,35+/m1/s1. The van der Waals surface area contributed by atoms with Crippen LogP contribution in [-0.2, 0) is 45.5 Å². The Morgan fingerprint density at radius 3 is 1.71 bits per heavy atom. The van der Waals surface area contributed by atoms with Crippen LogP contribution in [0.2, 0.25) is 0 Å². The number of hydrogen-bond donors (Lipinski definition) is 1. The fraction of sp³-hybridized carbons (Fsp3) is 0.278. The molecule has 8 nitrogen and oxygen atoms in total. The summed E-state index contributed by atoms with van der Waals surface area (Å²) in [6.07, 6.45) is -3.40. The Bertz CT molecular complexity index is 1490. The van der Waals surface area contributed by atoms with Gasteiger partial charge >= 0.3 is 0 Å². The van der Waals surface area contributed by atoms with Gasteiger partial charge < -0.3 is 24.1 Å². The number of aliphatic hydroxyl groups is 1. The van der Waals surface area contributed by atoms with Crippen molar-refractivity contribution in [3.05, 3.63) is 156 Å². The maximum atomic E-state index is 12.6. The molecule has 0 aromatic heterocycles. The van der Waals surface area contributed by atoms with Gasteiger partial charge in [0.1, 0.15) is 30.0 Å². The minimum absolute atomic E-state index is 0.0716. The molecular weight excluding hydrogens is 592 g/mol. The molecule has 0 aliphatic carbocycles. The number of hydrogen-bond acceptors (Lipinski definition) is 8. The largest absolute Gasteiger partial charge is 0.368 e. The van der Waals surface area contributed by atoms with Crippen molar-refractivity contribution in [1.29, 1.82) is 0 Å². The third kappa shape index (κ3) is 7.95. The van der Waals surface area contributed by atoms with Crippen molar-refractivity contribution in [1.82, 2.24) is 0 Å². The van der Waals surface area contributed by atoms with Gasteiger partial charge in [-0.1, -0.05) is 127 Å². The molecule has 1 N–H and O–H groups in total. The van der Waals surface area contributed by atoms with Gasteiger partial charge in [-0.2, -0.15) is 8.42 Å². The zero-order valence-electron chi connectivity index (χ0n) is 25.1. The van der Waals surface area contributed by atoms with E-state index in [1.165, 1.54) is 6.08 Å². The van der Waals surface area contributed by atoms with Crippen LogP contribution in [-0.4, -0.2) is 63.7 Å². The van der Waals surface area contributed by atoms with Crippen LogP contribution < -0.4 is 0 Å². The second-order valence-corrected chi connectivity index (χ2v) is 12.4. The molecule has 1 fully saturated rings. The van der Waals surface area contributed by atoms with Crippen LogP contribution in [0.4, 0.5) is 0 Å². The van der Waals surface area contributed by atoms with Crippen molar-refractivity contribution >= 4 is 10.1 Å². The molecule has 0 unspecified atom stereocenters. The van der Waals surface area contributed by atoms with Crippen molar-refractivity contribution in [3.8, 4) is 0 Å². The third-order valence-corrected chi connectivity index (χ3v) is 8.16. The van der Waals surface area contributed by atoms with Gasteiger partial charge in [0.2, 0.25) is 0 Å². The molecule has 0 bridgehead atoms. The van der Waals surface area contributed by atoms with Crippen LogP contribution in [0.25, 0.3) is 0 Å². The highest BCUT2D eigenvalue weighted by Gasteiger charge is 2.50. The summed E-state index contributed by atoms with van der Waals surface area (Å²) in [5, 5.41) is 11.2. The van der Waals surface area contributed by atoms with Crippen LogP contribution >= 0.6 is 0 Å². The predicted octanol–water partition coefficient (Wildman–Crippen LogP) is 5.21. The van der Waals surface area contributed by atoms with Crippen molar-refractivity contribution < 1.29 is 36.7 Å². The fourth-order valence-electron chi connectivity index (χ4n) is 5.64. The lowest BCUT2D eigenvalue weighted by molar-refractivity contribution is -0.303. The lowest BCUT2D eigenvalue weighted by Crippen LogP contribution is -2.62. The lowest BCUT2D eigenvalue weighted by atomic mass is 9.80. The van der Waals surface area contributed by atoms with Crippen molar-refractivity contribution in [2.45, 2.75) is 42.9 Å². The first-order valence-corrected chi connectivity index (χ1v) is 16.5. The van der Waals surface area contributed by atoms with Crippen molar-refractivity contribution in [3.63, 3.8) is 0 Å². The molecular formula is C36H38O8S. The molecule has 4 aromatic rings. The van der Waals surface area contributed by atoms with Gasteiger partial charge in [-0.25, -0.2) is 0 Å². The van der Waals surface area contributed by atoms with E-state index in [-0.39, 0.29) is 19.8 Å². The molecule has 0 amide bonds. The van der Waals surface area contributed by atoms with E-state index in [1.807, 2.05) is 121 Å². The Labute approximate surface area is 264 Å². The third-order valence-electron chi connectivity index (χ3n) is 7.59. The van der Waals surface area contributed by atoms with Gasteiger partial charge in [-0.15, -0.1) is 6.58 Å². The van der Waals surface area contributed by atoms with Gasteiger partial charge in [0.15, 0.2) is 6.29 Å². The molecule has 1 heterocycles. The Morgan fingerprint density at radius 1 is 0.756 bits per heavy atom. The fourth-order valence-corrected chi connectivity index (χ4v) is 6.27. The second kappa shape index (κ2) is 15.1. The minimum atomic E-state index is -4.02. The Morgan fingerprint density at radius 2 is 1.24 bits per heavy atom. The average molecular weight is 631 g/mol. The smallest absolute Gasteiger partial charge is 0.264 e. The summed E-state index contributed by atoms with van der Waals surface area (Å²) in [5.74, 6) is 0. The molecule has 236 valence electrons. The summed E-state index contributed by atoms with van der Waals surface area (Å²) in [7, 11) is -4.02. The van der Waals surface area contributed by atoms with Crippen LogP contribution in [0.5, 0.6) is 0 Å². The normalized spacial score (nSPS) is 22.1. The highest BCUT2D eigenvalue weighted by Crippen LogP contribution is 2.41. The van der Waals surface area contributed by atoms with E-state index in [9.17, 15) is 13.5 Å². The summed E-state index contributed by atoms with van der Waals surface area (Å²) in [4.78, 5) is 0. The zero-order chi connectivity index (χ0) is 31.7. The average Bonchev–Trinajstić information content (AvgIpc) is 3.06. The van der Waals surface area contributed by atoms with E-state index in [0.717, 1.165) is 28.5 Å². The van der Waals surface area contributed by atoms with E-state index >= 15 is 0 Å². The van der Waals surface area contributed by atoms with E-state index in [0.29, 0.717) is 0 Å². The maximum absolute atomic E-state index is 12.6. The van der Waals surface area contributed by atoms with Gasteiger partial charge in [0.05, 0.1) is 26.1 Å². The first-order chi connectivity index (χ1) is 21.8. The van der Waals surface area contributed by atoms with E-state index in [2.05, 4.69) is 6.58 Å². The van der Waals surface area contributed by atoms with Crippen molar-refractivity contribution in [2.75, 3.05) is 19.5 Å². The van der Waals surface area contributed by atoms with Crippen LogP contribution in [0.1, 0.15) is 22.3 Å². The quantitative estimate of drug-likeness (QED) is 0.115. The molecule has 0 radical (unpaired) electrons. The summed E-state index contributed by atoms with van der Waals surface area (Å²) in [5.41, 5.74) is 2.28. The van der Waals surface area contributed by atoms with Crippen LogP contribution in [0, 0.1) is 0 Å². The van der Waals surface area contributed by atoms with Gasteiger partial charge in [0.25, 0.3) is 10.1 Å². The summed E-state index contributed by atoms with van der Waals surface area (Å²) < 4.78 is 56.0. The summed E-state index contributed by atoms with van der Waals surface area (Å²) in [6, 6.07) is 38.7. The molecule has 45 heavy (non-hydrogen) atoms. The molecule has 5 atom stereocenters. The van der Waals surface area contributed by atoms with Gasteiger partial charge in [-0.05, 0) is 22.3 Å². The molecule has 5 rings (SSSR count). The van der Waals surface area contributed by atoms with Crippen molar-refractivity contribution in [2.24, 2.45) is 0 Å². The number of ether oxygens (including phenoxy) is 4. The highest BCUT2D eigenvalue weighted by atomic mass is 32.2. The molecule has 1 saturated heterocycles. The Kier molecular flexibility index (Phi) is 11.0. The second-order valence-electron chi connectivity index (χ2n) is 10.8. The maximum Gasteiger partial charge on any atom is 0.264 e. The first kappa shape index (κ1) is 32.7. The Hall–Kier alpha value is -3.67. The van der Waals surface area contributed by atoms with E-state index < -0.39 is 46.4 Å². The molecule has 4 aromatic carbocycles. The number of rotatable bonds is 14. The van der Waals surface area contributed by atoms with E-state index in [1.54, 1.807) is 0 Å². The van der Waals surface area contributed by atoms with Crippen LogP contribution in [0.15, 0.2) is 134 Å². The number of aliphatic hydroxyl groups excluding tert-OH is 1. The Balaban J connectivity index is 1.55. The number of benzene rings is 4. The zero-order valence-corrected chi connectivity index (χ0v) is 25.9. The minimum Gasteiger partial charge on any atom is -0.368 e. The SMILES string of the molecule is C=CCO[C@@H]1[C@@H](OCc2ccccc2)[C@H](OS(C)(=O)=O)[C@@H](COC(c2ccccc2)(c2ccccc2)c2ccccc2)O[C@@H]1O. The van der Waals surface area contributed by atoms with E-state index in [4.69, 9.17) is 23.1 Å². The van der Waals surface area contributed by atoms with Gasteiger partial charge in [-0.3, -0.25) is 4.18 Å². The topological polar surface area (TPSA) is 101 Å². The molecule has 1 aliphatic heterocycles. The monoisotopic (exact) mass is 630 g/mol. The summed E-state index contributed by atoms with van der Waals surface area (Å²) >= 11 is 0.